The van der Waals surface area contributed by atoms with E-state index in [1.807, 2.05) is 48.6 Å². The Morgan fingerprint density at radius 1 is 1.12 bits per heavy atom. The molecule has 0 N–H and O–H groups in total. The molecule has 0 saturated carbocycles. The molecule has 4 heteroatoms. The van der Waals surface area contributed by atoms with Gasteiger partial charge in [0.05, 0.1) is 7.11 Å². The molecule has 1 unspecified atom stereocenters. The molecule has 1 aliphatic rings. The number of fused-ring (bicyclic) bond motifs is 1. The minimum Gasteiger partial charge on any atom is -0.468 e. The van der Waals surface area contributed by atoms with Crippen LogP contribution < -0.4 is 0 Å². The van der Waals surface area contributed by atoms with Gasteiger partial charge in [-0.25, -0.2) is 0 Å². The number of rotatable bonds is 4. The second-order valence-corrected chi connectivity index (χ2v) is 6.28. The van der Waals surface area contributed by atoms with Crippen molar-refractivity contribution in [1.82, 2.24) is 0 Å². The lowest BCUT2D eigenvalue weighted by molar-refractivity contribution is -0.150. The summed E-state index contributed by atoms with van der Waals surface area (Å²) < 4.78 is 4.99. The lowest BCUT2D eigenvalue weighted by atomic mass is 9.69. The van der Waals surface area contributed by atoms with Crippen LogP contribution in [-0.2, 0) is 19.7 Å². The lowest BCUT2D eigenvalue weighted by Gasteiger charge is -2.31. The molecule has 25 heavy (non-hydrogen) atoms. The largest absolute Gasteiger partial charge is 0.468 e. The van der Waals surface area contributed by atoms with Crippen molar-refractivity contribution in [2.75, 3.05) is 7.11 Å². The number of allylic oxidation sites excluding steroid dienone is 2. The highest BCUT2D eigenvalue weighted by atomic mass is 35.5. The molecule has 0 radical (unpaired) electrons. The third-order valence-corrected chi connectivity index (χ3v) is 4.65. The Bertz CT molecular complexity index is 865. The lowest BCUT2D eigenvalue weighted by Crippen LogP contribution is -2.45. The number of esters is 1. The van der Waals surface area contributed by atoms with E-state index in [1.165, 1.54) is 13.2 Å². The fourth-order valence-electron chi connectivity index (χ4n) is 3.10. The van der Waals surface area contributed by atoms with E-state index in [0.29, 0.717) is 10.6 Å². The molecule has 2 aromatic rings. The zero-order valence-corrected chi connectivity index (χ0v) is 14.5. The molecule has 0 saturated heterocycles. The first kappa shape index (κ1) is 17.2. The van der Waals surface area contributed by atoms with Gasteiger partial charge in [-0.15, -0.1) is 0 Å². The van der Waals surface area contributed by atoms with Gasteiger partial charge in [0.15, 0.2) is 11.2 Å². The summed E-state index contributed by atoms with van der Waals surface area (Å²) in [4.78, 5) is 25.3. The van der Waals surface area contributed by atoms with E-state index in [4.69, 9.17) is 16.3 Å². The summed E-state index contributed by atoms with van der Waals surface area (Å²) in [6.07, 6.45) is 7.11. The molecule has 3 nitrogen and oxygen atoms in total. The van der Waals surface area contributed by atoms with Gasteiger partial charge in [0.2, 0.25) is 0 Å². The highest BCUT2D eigenvalue weighted by Crippen LogP contribution is 2.38. The average molecular weight is 353 g/mol. The molecule has 0 amide bonds. The molecule has 1 aliphatic carbocycles. The molecule has 0 fully saturated rings. The number of benzene rings is 2. The second kappa shape index (κ2) is 7.08. The smallest absolute Gasteiger partial charge is 0.324 e. The predicted octanol–water partition coefficient (Wildman–Crippen LogP) is 4.45. The summed E-state index contributed by atoms with van der Waals surface area (Å²) >= 11 is 5.89. The fourth-order valence-corrected chi connectivity index (χ4v) is 3.22. The average Bonchev–Trinajstić information content (AvgIpc) is 2.64. The minimum absolute atomic E-state index is 0.225. The summed E-state index contributed by atoms with van der Waals surface area (Å²) in [7, 11) is 1.31. The Morgan fingerprint density at radius 2 is 1.84 bits per heavy atom. The molecule has 2 aromatic carbocycles. The van der Waals surface area contributed by atoms with Crippen LogP contribution in [0.15, 0.2) is 60.7 Å². The van der Waals surface area contributed by atoms with Crippen molar-refractivity contribution in [3.63, 3.8) is 0 Å². The molecule has 0 aromatic heterocycles. The summed E-state index contributed by atoms with van der Waals surface area (Å²) in [5, 5.41) is 0.657. The van der Waals surface area contributed by atoms with Gasteiger partial charge in [-0.05, 0) is 41.3 Å². The highest BCUT2D eigenvalue weighted by molar-refractivity contribution is 6.30. The first-order chi connectivity index (χ1) is 12.1. The number of methoxy groups -OCH3 is 1. The van der Waals surface area contributed by atoms with Crippen molar-refractivity contribution in [1.29, 1.82) is 0 Å². The van der Waals surface area contributed by atoms with Gasteiger partial charge in [-0.1, -0.05) is 66.2 Å². The van der Waals surface area contributed by atoms with E-state index in [2.05, 4.69) is 0 Å². The first-order valence-electron chi connectivity index (χ1n) is 7.90. The standard InChI is InChI=1S/C21H17ClO3/c1-25-20(24)21(14-4-5-15-8-11-17(22)12-9-15)18-7-3-2-6-16(18)10-13-19(21)23/h2-13H,14H2,1H3/b5-4+. The van der Waals surface area contributed by atoms with E-state index in [-0.39, 0.29) is 12.2 Å². The van der Waals surface area contributed by atoms with Crippen LogP contribution in [0.1, 0.15) is 23.1 Å². The van der Waals surface area contributed by atoms with Gasteiger partial charge >= 0.3 is 5.97 Å². The Balaban J connectivity index is 2.00. The maximum Gasteiger partial charge on any atom is 0.324 e. The number of hydrogen-bond acceptors (Lipinski definition) is 3. The van der Waals surface area contributed by atoms with Crippen LogP contribution in [0.5, 0.6) is 0 Å². The summed E-state index contributed by atoms with van der Waals surface area (Å²) in [5.41, 5.74) is 1.13. The molecule has 126 valence electrons. The third-order valence-electron chi connectivity index (χ3n) is 4.39. The first-order valence-corrected chi connectivity index (χ1v) is 8.28. The van der Waals surface area contributed by atoms with Gasteiger partial charge in [-0.2, -0.15) is 0 Å². The van der Waals surface area contributed by atoms with Crippen LogP contribution in [-0.4, -0.2) is 18.9 Å². The molecule has 1 atom stereocenters. The number of ether oxygens (including phenoxy) is 1. The van der Waals surface area contributed by atoms with Crippen LogP contribution in [0.2, 0.25) is 5.02 Å². The van der Waals surface area contributed by atoms with Crippen molar-refractivity contribution in [2.24, 2.45) is 0 Å². The topological polar surface area (TPSA) is 43.4 Å². The molecule has 0 aliphatic heterocycles. The van der Waals surface area contributed by atoms with E-state index in [1.54, 1.807) is 18.2 Å². The number of halogens is 1. The fraction of sp³-hybridized carbons (Fsp3) is 0.143. The van der Waals surface area contributed by atoms with E-state index >= 15 is 0 Å². The Hall–Kier alpha value is -2.65. The third kappa shape index (κ3) is 3.15. The molecule has 0 bridgehead atoms. The highest BCUT2D eigenvalue weighted by Gasteiger charge is 2.48. The van der Waals surface area contributed by atoms with E-state index in [0.717, 1.165) is 11.1 Å². The number of hydrogen-bond donors (Lipinski definition) is 0. The van der Waals surface area contributed by atoms with Crippen LogP contribution in [0.3, 0.4) is 0 Å². The molecular formula is C21H17ClO3. The van der Waals surface area contributed by atoms with Crippen LogP contribution in [0.4, 0.5) is 0 Å². The van der Waals surface area contributed by atoms with E-state index in [9.17, 15) is 9.59 Å². The predicted molar refractivity (Wildman–Crippen MR) is 99.3 cm³/mol. The van der Waals surface area contributed by atoms with Crippen molar-refractivity contribution in [3.05, 3.63) is 82.4 Å². The van der Waals surface area contributed by atoms with Gasteiger partial charge in [-0.3, -0.25) is 9.59 Å². The van der Waals surface area contributed by atoms with Gasteiger partial charge in [0.1, 0.15) is 0 Å². The number of ketones is 1. The monoisotopic (exact) mass is 352 g/mol. The van der Waals surface area contributed by atoms with Crippen LogP contribution in [0, 0.1) is 0 Å². The molecule has 0 heterocycles. The van der Waals surface area contributed by atoms with Crippen molar-refractivity contribution >= 4 is 35.5 Å². The minimum atomic E-state index is -1.34. The van der Waals surface area contributed by atoms with Gasteiger partial charge < -0.3 is 4.74 Å². The molecule has 0 spiro atoms. The van der Waals surface area contributed by atoms with Crippen molar-refractivity contribution in [2.45, 2.75) is 11.8 Å². The van der Waals surface area contributed by atoms with Crippen LogP contribution >= 0.6 is 11.6 Å². The maximum absolute atomic E-state index is 12.7. The van der Waals surface area contributed by atoms with Crippen LogP contribution in [0.25, 0.3) is 12.2 Å². The number of carbonyl (C=O) groups excluding carboxylic acids is 2. The van der Waals surface area contributed by atoms with Gasteiger partial charge in [0.25, 0.3) is 0 Å². The Labute approximate surface area is 151 Å². The van der Waals surface area contributed by atoms with Crippen molar-refractivity contribution < 1.29 is 14.3 Å². The van der Waals surface area contributed by atoms with Gasteiger partial charge in [0, 0.05) is 5.02 Å². The zero-order chi connectivity index (χ0) is 17.9. The summed E-state index contributed by atoms with van der Waals surface area (Å²) in [5.74, 6) is -0.811. The number of carbonyl (C=O) groups is 2. The SMILES string of the molecule is COC(=O)C1(C/C=C/c2ccc(Cl)cc2)C(=O)C=Cc2ccccc21. The second-order valence-electron chi connectivity index (χ2n) is 5.84. The zero-order valence-electron chi connectivity index (χ0n) is 13.7. The normalized spacial score (nSPS) is 19.0. The molecular weight excluding hydrogens is 336 g/mol. The molecule has 3 rings (SSSR count). The van der Waals surface area contributed by atoms with Crippen molar-refractivity contribution in [3.8, 4) is 0 Å². The summed E-state index contributed by atoms with van der Waals surface area (Å²) in [6.45, 7) is 0. The maximum atomic E-state index is 12.7. The quantitative estimate of drug-likeness (QED) is 0.603. The summed E-state index contributed by atoms with van der Waals surface area (Å²) in [6, 6.07) is 14.7. The van der Waals surface area contributed by atoms with E-state index < -0.39 is 11.4 Å². The Kier molecular flexibility index (Phi) is 4.86. The Morgan fingerprint density at radius 3 is 2.56 bits per heavy atom.